The number of hydrogen-bond acceptors (Lipinski definition) is 2. The van der Waals surface area contributed by atoms with Gasteiger partial charge in [-0.1, -0.05) is 6.92 Å². The topological polar surface area (TPSA) is 38.9 Å². The molecule has 14 heavy (non-hydrogen) atoms. The van der Waals surface area contributed by atoms with E-state index < -0.39 is 5.67 Å². The second kappa shape index (κ2) is 4.84. The van der Waals surface area contributed by atoms with Crippen LogP contribution in [0.2, 0.25) is 0 Å². The summed E-state index contributed by atoms with van der Waals surface area (Å²) in [5, 5.41) is 0. The van der Waals surface area contributed by atoms with Crippen molar-refractivity contribution in [3.63, 3.8) is 0 Å². The van der Waals surface area contributed by atoms with Crippen molar-refractivity contribution in [2.45, 2.75) is 25.4 Å². The third-order valence-corrected chi connectivity index (χ3v) is 2.76. The Morgan fingerprint density at radius 1 is 1.57 bits per heavy atom. The zero-order chi connectivity index (χ0) is 10.6. The van der Waals surface area contributed by atoms with Crippen LogP contribution in [0.25, 0.3) is 0 Å². The highest BCUT2D eigenvalue weighted by atomic mass is 79.9. The minimum Gasteiger partial charge on any atom is -0.328 e. The Kier molecular flexibility index (Phi) is 4.01. The van der Waals surface area contributed by atoms with Crippen LogP contribution in [0, 0.1) is 0 Å². The third kappa shape index (κ3) is 3.03. The van der Waals surface area contributed by atoms with Crippen LogP contribution in [0.5, 0.6) is 0 Å². The van der Waals surface area contributed by atoms with Crippen LogP contribution in [0.4, 0.5) is 4.39 Å². The van der Waals surface area contributed by atoms with Crippen LogP contribution >= 0.6 is 15.9 Å². The first-order valence-corrected chi connectivity index (χ1v) is 5.38. The molecular formula is C10H14BrFN2. The summed E-state index contributed by atoms with van der Waals surface area (Å²) in [7, 11) is 0. The number of alkyl halides is 1. The summed E-state index contributed by atoms with van der Waals surface area (Å²) in [5.41, 5.74) is 4.80. The predicted molar refractivity (Wildman–Crippen MR) is 58.8 cm³/mol. The molecule has 1 rings (SSSR count). The molecule has 2 N–H and O–H groups in total. The fourth-order valence-electron chi connectivity index (χ4n) is 1.18. The molecule has 0 saturated heterocycles. The molecule has 0 saturated carbocycles. The van der Waals surface area contributed by atoms with Gasteiger partial charge in [-0.15, -0.1) is 0 Å². The fourth-order valence-corrected chi connectivity index (χ4v) is 1.41. The molecule has 0 amide bonds. The quantitative estimate of drug-likeness (QED) is 0.904. The molecule has 1 aromatic heterocycles. The largest absolute Gasteiger partial charge is 0.328 e. The number of nitrogens with zero attached hydrogens (tertiary/aromatic N) is 1. The zero-order valence-corrected chi connectivity index (χ0v) is 9.72. The van der Waals surface area contributed by atoms with E-state index in [0.29, 0.717) is 6.42 Å². The molecule has 1 unspecified atom stereocenters. The van der Waals surface area contributed by atoms with E-state index in [2.05, 4.69) is 20.9 Å². The molecule has 0 spiro atoms. The lowest BCUT2D eigenvalue weighted by molar-refractivity contribution is 0.166. The Bertz CT molecular complexity index is 283. The van der Waals surface area contributed by atoms with Crippen LogP contribution in [0.3, 0.4) is 0 Å². The minimum absolute atomic E-state index is 0.0429. The van der Waals surface area contributed by atoms with Gasteiger partial charge in [-0.3, -0.25) is 4.98 Å². The molecule has 2 nitrogen and oxygen atoms in total. The van der Waals surface area contributed by atoms with Gasteiger partial charge in [0.25, 0.3) is 0 Å². The van der Waals surface area contributed by atoms with Gasteiger partial charge in [0.1, 0.15) is 5.67 Å². The van der Waals surface area contributed by atoms with Gasteiger partial charge in [-0.05, 0) is 34.5 Å². The number of pyridine rings is 1. The van der Waals surface area contributed by atoms with Crippen LogP contribution in [-0.2, 0) is 6.42 Å². The molecule has 0 radical (unpaired) electrons. The van der Waals surface area contributed by atoms with Crippen molar-refractivity contribution < 1.29 is 4.39 Å². The van der Waals surface area contributed by atoms with Crippen molar-refractivity contribution in [2.24, 2.45) is 5.73 Å². The number of rotatable bonds is 4. The standard InChI is InChI=1S/C10H14BrFN2/c1-2-10(12,7-13)5-9-4-3-8(11)6-14-9/h3-4,6H,2,5,7,13H2,1H3. The van der Waals surface area contributed by atoms with E-state index in [1.54, 1.807) is 13.1 Å². The molecule has 1 aromatic rings. The van der Waals surface area contributed by atoms with Gasteiger partial charge >= 0.3 is 0 Å². The molecule has 1 heterocycles. The second-order valence-electron chi connectivity index (χ2n) is 3.35. The molecule has 4 heteroatoms. The van der Waals surface area contributed by atoms with E-state index >= 15 is 0 Å². The second-order valence-corrected chi connectivity index (χ2v) is 4.27. The highest BCUT2D eigenvalue weighted by Crippen LogP contribution is 2.20. The van der Waals surface area contributed by atoms with E-state index in [4.69, 9.17) is 5.73 Å². The fraction of sp³-hybridized carbons (Fsp3) is 0.500. The smallest absolute Gasteiger partial charge is 0.128 e. The average Bonchev–Trinajstić information content (AvgIpc) is 2.21. The summed E-state index contributed by atoms with van der Waals surface area (Å²) in [6.07, 6.45) is 2.37. The van der Waals surface area contributed by atoms with E-state index in [0.717, 1.165) is 10.2 Å². The first-order chi connectivity index (χ1) is 6.59. The maximum Gasteiger partial charge on any atom is 0.128 e. The normalized spacial score (nSPS) is 15.1. The van der Waals surface area contributed by atoms with Gasteiger partial charge in [-0.25, -0.2) is 4.39 Å². The first-order valence-electron chi connectivity index (χ1n) is 4.59. The van der Waals surface area contributed by atoms with E-state index in [1.165, 1.54) is 0 Å². The number of nitrogens with two attached hydrogens (primary N) is 1. The molecule has 1 atom stereocenters. The molecule has 0 aromatic carbocycles. The van der Waals surface area contributed by atoms with Crippen molar-refractivity contribution in [2.75, 3.05) is 6.54 Å². The van der Waals surface area contributed by atoms with E-state index in [9.17, 15) is 4.39 Å². The summed E-state index contributed by atoms with van der Waals surface area (Å²) < 4.78 is 14.8. The summed E-state index contributed by atoms with van der Waals surface area (Å²) in [5.74, 6) is 0. The Balaban J connectivity index is 2.72. The number of hydrogen-bond donors (Lipinski definition) is 1. The third-order valence-electron chi connectivity index (χ3n) is 2.29. The van der Waals surface area contributed by atoms with Crippen LogP contribution in [0.15, 0.2) is 22.8 Å². The summed E-state index contributed by atoms with van der Waals surface area (Å²) >= 11 is 3.28. The summed E-state index contributed by atoms with van der Waals surface area (Å²) in [6.45, 7) is 1.84. The van der Waals surface area contributed by atoms with Gasteiger partial charge < -0.3 is 5.73 Å². The van der Waals surface area contributed by atoms with Gasteiger partial charge in [-0.2, -0.15) is 0 Å². The highest BCUT2D eigenvalue weighted by molar-refractivity contribution is 9.10. The van der Waals surface area contributed by atoms with Crippen LogP contribution in [-0.4, -0.2) is 17.2 Å². The Hall–Kier alpha value is -0.480. The van der Waals surface area contributed by atoms with Crippen LogP contribution < -0.4 is 5.73 Å². The Morgan fingerprint density at radius 2 is 2.29 bits per heavy atom. The lowest BCUT2D eigenvalue weighted by Crippen LogP contribution is -2.34. The van der Waals surface area contributed by atoms with Crippen molar-refractivity contribution in [1.82, 2.24) is 4.98 Å². The summed E-state index contributed by atoms with van der Waals surface area (Å²) in [4.78, 5) is 4.12. The SMILES string of the molecule is CCC(F)(CN)Cc1ccc(Br)cn1. The molecule has 0 aliphatic heterocycles. The highest BCUT2D eigenvalue weighted by Gasteiger charge is 2.26. The van der Waals surface area contributed by atoms with E-state index in [-0.39, 0.29) is 13.0 Å². The maximum absolute atomic E-state index is 13.9. The van der Waals surface area contributed by atoms with Crippen molar-refractivity contribution in [1.29, 1.82) is 0 Å². The van der Waals surface area contributed by atoms with Gasteiger partial charge in [0.15, 0.2) is 0 Å². The molecule has 0 aliphatic rings. The minimum atomic E-state index is -1.32. The van der Waals surface area contributed by atoms with Gasteiger partial charge in [0, 0.05) is 29.3 Å². The predicted octanol–water partition coefficient (Wildman–Crippen LogP) is 2.46. The van der Waals surface area contributed by atoms with Crippen LogP contribution in [0.1, 0.15) is 19.0 Å². The number of aromatic nitrogens is 1. The zero-order valence-electron chi connectivity index (χ0n) is 8.13. The van der Waals surface area contributed by atoms with Crippen molar-refractivity contribution in [3.8, 4) is 0 Å². The molecule has 78 valence electrons. The lowest BCUT2D eigenvalue weighted by Gasteiger charge is -2.21. The first kappa shape index (κ1) is 11.6. The van der Waals surface area contributed by atoms with Crippen molar-refractivity contribution in [3.05, 3.63) is 28.5 Å². The number of halogens is 2. The Labute approximate surface area is 91.8 Å². The summed E-state index contributed by atoms with van der Waals surface area (Å²) in [6, 6.07) is 3.67. The molecule has 0 fully saturated rings. The lowest BCUT2D eigenvalue weighted by atomic mass is 9.97. The van der Waals surface area contributed by atoms with E-state index in [1.807, 2.05) is 12.1 Å². The molecular weight excluding hydrogens is 247 g/mol. The molecule has 0 aliphatic carbocycles. The Morgan fingerprint density at radius 3 is 2.71 bits per heavy atom. The van der Waals surface area contributed by atoms with Crippen molar-refractivity contribution >= 4 is 15.9 Å². The van der Waals surface area contributed by atoms with Gasteiger partial charge in [0.2, 0.25) is 0 Å². The maximum atomic E-state index is 13.9. The molecule has 0 bridgehead atoms. The monoisotopic (exact) mass is 260 g/mol. The average molecular weight is 261 g/mol. The van der Waals surface area contributed by atoms with Gasteiger partial charge in [0.05, 0.1) is 0 Å².